The summed E-state index contributed by atoms with van der Waals surface area (Å²) < 4.78 is 0. The molecule has 0 fully saturated rings. The quantitative estimate of drug-likeness (QED) is 0.653. The second-order valence-electron chi connectivity index (χ2n) is 3.23. The summed E-state index contributed by atoms with van der Waals surface area (Å²) in [5.74, 6) is 0. The van der Waals surface area contributed by atoms with Gasteiger partial charge in [0.15, 0.2) is 0 Å². The number of anilines is 1. The lowest BCUT2D eigenvalue weighted by Crippen LogP contribution is -2.13. The molecule has 0 unspecified atom stereocenters. The summed E-state index contributed by atoms with van der Waals surface area (Å²) in [6.07, 6.45) is 6.18. The topological polar surface area (TPSA) is 3.24 Å². The molecule has 0 aliphatic heterocycles. The minimum Gasteiger partial charge on any atom is -0.348 e. The molecule has 0 N–H and O–H groups in total. The summed E-state index contributed by atoms with van der Waals surface area (Å²) in [6.45, 7) is 4.12. The van der Waals surface area contributed by atoms with E-state index >= 15 is 0 Å². The van der Waals surface area contributed by atoms with Crippen molar-refractivity contribution in [3.05, 3.63) is 54.3 Å². The van der Waals surface area contributed by atoms with Gasteiger partial charge >= 0.3 is 0 Å². The van der Waals surface area contributed by atoms with Crippen molar-refractivity contribution in [1.82, 2.24) is 0 Å². The van der Waals surface area contributed by atoms with E-state index < -0.39 is 0 Å². The summed E-state index contributed by atoms with van der Waals surface area (Å²) in [6, 6.07) is 10.3. The van der Waals surface area contributed by atoms with Crippen molar-refractivity contribution in [2.45, 2.75) is 13.8 Å². The summed E-state index contributed by atoms with van der Waals surface area (Å²) >= 11 is 0. The van der Waals surface area contributed by atoms with Gasteiger partial charge in [-0.3, -0.25) is 0 Å². The molecule has 74 valence electrons. The maximum absolute atomic E-state index is 2.17. The highest BCUT2D eigenvalue weighted by molar-refractivity contribution is 5.50. The van der Waals surface area contributed by atoms with Crippen LogP contribution in [-0.4, -0.2) is 7.05 Å². The normalized spacial score (nSPS) is 12.1. The minimum atomic E-state index is 1.21. The molecular weight excluding hydrogens is 170 g/mol. The first-order valence-electron chi connectivity index (χ1n) is 4.84. The molecule has 1 rings (SSSR count). The lowest BCUT2D eigenvalue weighted by Gasteiger charge is -2.19. The zero-order valence-corrected chi connectivity index (χ0v) is 9.07. The molecule has 0 heterocycles. The molecule has 0 aromatic heterocycles. The summed E-state index contributed by atoms with van der Waals surface area (Å²) in [5, 5.41) is 0. The Kier molecular flexibility index (Phi) is 3.99. The predicted molar refractivity (Wildman–Crippen MR) is 63.4 cm³/mol. The maximum Gasteiger partial charge on any atom is 0.0405 e. The number of hydrogen-bond donors (Lipinski definition) is 0. The Hall–Kier alpha value is -1.50. The Morgan fingerprint density at radius 2 is 1.86 bits per heavy atom. The third-order valence-electron chi connectivity index (χ3n) is 2.20. The molecule has 0 aliphatic carbocycles. The van der Waals surface area contributed by atoms with Crippen molar-refractivity contribution in [1.29, 1.82) is 0 Å². The summed E-state index contributed by atoms with van der Waals surface area (Å²) in [5.41, 5.74) is 2.44. The Labute approximate surface area is 86.4 Å². The molecule has 0 aliphatic rings. The molecule has 0 atom stereocenters. The molecule has 0 spiro atoms. The van der Waals surface area contributed by atoms with Crippen LogP contribution >= 0.6 is 0 Å². The van der Waals surface area contributed by atoms with Gasteiger partial charge in [0, 0.05) is 18.4 Å². The van der Waals surface area contributed by atoms with Crippen LogP contribution in [0.15, 0.2) is 54.3 Å². The van der Waals surface area contributed by atoms with Crippen molar-refractivity contribution >= 4 is 5.69 Å². The Morgan fingerprint density at radius 1 is 1.21 bits per heavy atom. The van der Waals surface area contributed by atoms with Gasteiger partial charge < -0.3 is 4.90 Å². The fourth-order valence-corrected chi connectivity index (χ4v) is 1.20. The predicted octanol–water partition coefficient (Wildman–Crippen LogP) is 3.60. The number of benzene rings is 1. The van der Waals surface area contributed by atoms with Crippen LogP contribution in [0, 0.1) is 0 Å². The van der Waals surface area contributed by atoms with Gasteiger partial charge in [-0.2, -0.15) is 0 Å². The number of hydrogen-bond acceptors (Lipinski definition) is 1. The van der Waals surface area contributed by atoms with E-state index in [9.17, 15) is 0 Å². The van der Waals surface area contributed by atoms with E-state index in [1.54, 1.807) is 0 Å². The summed E-state index contributed by atoms with van der Waals surface area (Å²) in [7, 11) is 2.07. The zero-order valence-electron chi connectivity index (χ0n) is 9.07. The van der Waals surface area contributed by atoms with E-state index in [1.807, 2.05) is 19.1 Å². The Bertz CT molecular complexity index is 322. The van der Waals surface area contributed by atoms with Crippen LogP contribution in [-0.2, 0) is 0 Å². The minimum absolute atomic E-state index is 1.21. The van der Waals surface area contributed by atoms with E-state index in [1.165, 1.54) is 11.4 Å². The van der Waals surface area contributed by atoms with Crippen LogP contribution in [0.1, 0.15) is 13.8 Å². The van der Waals surface area contributed by atoms with Crippen LogP contribution in [0.4, 0.5) is 5.69 Å². The second-order valence-corrected chi connectivity index (χ2v) is 3.23. The highest BCUT2D eigenvalue weighted by Gasteiger charge is 1.99. The van der Waals surface area contributed by atoms with Gasteiger partial charge in [0.2, 0.25) is 0 Å². The van der Waals surface area contributed by atoms with E-state index in [-0.39, 0.29) is 0 Å². The Morgan fingerprint density at radius 3 is 2.43 bits per heavy atom. The fourth-order valence-electron chi connectivity index (χ4n) is 1.20. The van der Waals surface area contributed by atoms with Crippen molar-refractivity contribution < 1.29 is 0 Å². The molecule has 1 heteroatoms. The van der Waals surface area contributed by atoms with Gasteiger partial charge in [-0.15, -0.1) is 0 Å². The highest BCUT2D eigenvalue weighted by Crippen LogP contribution is 2.15. The monoisotopic (exact) mass is 187 g/mol. The number of para-hydroxylation sites is 1. The van der Waals surface area contributed by atoms with Gasteiger partial charge in [-0.05, 0) is 32.1 Å². The van der Waals surface area contributed by atoms with Gasteiger partial charge in [0.05, 0.1) is 0 Å². The molecule has 0 saturated heterocycles. The van der Waals surface area contributed by atoms with E-state index in [0.29, 0.717) is 0 Å². The van der Waals surface area contributed by atoms with Gasteiger partial charge in [-0.25, -0.2) is 0 Å². The molecule has 0 radical (unpaired) electrons. The van der Waals surface area contributed by atoms with Crippen molar-refractivity contribution in [3.63, 3.8) is 0 Å². The zero-order chi connectivity index (χ0) is 10.4. The lowest BCUT2D eigenvalue weighted by molar-refractivity contribution is 1.09. The van der Waals surface area contributed by atoms with E-state index in [2.05, 4.69) is 55.3 Å². The first-order valence-corrected chi connectivity index (χ1v) is 4.84. The van der Waals surface area contributed by atoms with Crippen LogP contribution < -0.4 is 4.90 Å². The molecule has 1 nitrogen and oxygen atoms in total. The van der Waals surface area contributed by atoms with Gasteiger partial charge in [0.25, 0.3) is 0 Å². The maximum atomic E-state index is 2.17. The SMILES string of the molecule is C/C=C\C=C(/C)N(C)c1ccccc1. The largest absolute Gasteiger partial charge is 0.348 e. The van der Waals surface area contributed by atoms with E-state index in [0.717, 1.165) is 0 Å². The average molecular weight is 187 g/mol. The van der Waals surface area contributed by atoms with E-state index in [4.69, 9.17) is 0 Å². The third-order valence-corrected chi connectivity index (χ3v) is 2.20. The molecule has 0 bridgehead atoms. The molecule has 1 aromatic rings. The van der Waals surface area contributed by atoms with Crippen molar-refractivity contribution in [2.75, 3.05) is 11.9 Å². The van der Waals surface area contributed by atoms with Crippen molar-refractivity contribution in [2.24, 2.45) is 0 Å². The smallest absolute Gasteiger partial charge is 0.0405 e. The van der Waals surface area contributed by atoms with Crippen LogP contribution in [0.25, 0.3) is 0 Å². The first-order chi connectivity index (χ1) is 6.75. The van der Waals surface area contributed by atoms with Gasteiger partial charge in [0.1, 0.15) is 0 Å². The van der Waals surface area contributed by atoms with Crippen LogP contribution in [0.3, 0.4) is 0 Å². The van der Waals surface area contributed by atoms with Gasteiger partial charge in [-0.1, -0.05) is 30.4 Å². The molecule has 1 aromatic carbocycles. The number of rotatable bonds is 3. The number of nitrogens with zero attached hydrogens (tertiary/aromatic N) is 1. The fraction of sp³-hybridized carbons (Fsp3) is 0.231. The number of allylic oxidation sites excluding steroid dienone is 4. The molecule has 0 amide bonds. The standard InChI is InChI=1S/C13H17N/c1-4-5-9-12(2)14(3)13-10-7-6-8-11-13/h4-11H,1-3H3/b5-4-,12-9+. The molecule has 14 heavy (non-hydrogen) atoms. The Balaban J connectivity index is 2.80. The van der Waals surface area contributed by atoms with Crippen molar-refractivity contribution in [3.8, 4) is 0 Å². The van der Waals surface area contributed by atoms with Crippen LogP contribution in [0.5, 0.6) is 0 Å². The van der Waals surface area contributed by atoms with Crippen LogP contribution in [0.2, 0.25) is 0 Å². The second kappa shape index (κ2) is 5.28. The molecule has 0 saturated carbocycles. The molecular formula is C13H17N. The summed E-state index contributed by atoms with van der Waals surface area (Å²) in [4.78, 5) is 2.17. The lowest BCUT2D eigenvalue weighted by atomic mass is 10.2. The average Bonchev–Trinajstić information content (AvgIpc) is 2.26. The highest BCUT2D eigenvalue weighted by atomic mass is 15.1. The third kappa shape index (κ3) is 2.77. The first kappa shape index (κ1) is 10.6.